The number of nitrogens with one attached hydrogen (secondary N) is 1. The first-order valence-corrected chi connectivity index (χ1v) is 11.4. The van der Waals surface area contributed by atoms with Crippen LogP contribution in [-0.2, 0) is 11.0 Å². The molecule has 1 fully saturated rings. The number of alkyl halides is 3. The van der Waals surface area contributed by atoms with Gasteiger partial charge in [-0.2, -0.15) is 13.2 Å². The Hall–Kier alpha value is -2.24. The highest BCUT2D eigenvalue weighted by atomic mass is 32.2. The molecule has 0 atom stereocenters. The van der Waals surface area contributed by atoms with Crippen LogP contribution in [0.4, 0.5) is 13.2 Å². The second-order valence-corrected chi connectivity index (χ2v) is 9.17. The topological polar surface area (TPSA) is 38.3 Å². The summed E-state index contributed by atoms with van der Waals surface area (Å²) in [4.78, 5) is 11.9. The highest BCUT2D eigenvalue weighted by molar-refractivity contribution is 8.16. The van der Waals surface area contributed by atoms with Crippen LogP contribution in [0, 0.1) is 11.8 Å². The van der Waals surface area contributed by atoms with E-state index in [9.17, 15) is 18.0 Å². The van der Waals surface area contributed by atoms with Crippen LogP contribution < -0.4 is 10.1 Å². The van der Waals surface area contributed by atoms with Gasteiger partial charge in [0.2, 0.25) is 0 Å². The first kappa shape index (κ1) is 22.4. The zero-order valence-corrected chi connectivity index (χ0v) is 17.6. The predicted octanol–water partition coefficient (Wildman–Crippen LogP) is 5.12. The number of rotatable bonds is 5. The standard InChI is InChI=1S/C22H20F3NO2S2/c23-22(24,25)18-6-1-4-16(14-18)5-2-11-26-20(27)15-28-19-9-7-17(8-10-19)21-29-12-3-13-30-21/h1,4,6-10,14,21H,3,11-13,15H2,(H,26,27). The summed E-state index contributed by atoms with van der Waals surface area (Å²) in [6, 6.07) is 12.5. The van der Waals surface area contributed by atoms with E-state index in [2.05, 4.69) is 17.2 Å². The van der Waals surface area contributed by atoms with Gasteiger partial charge in [-0.1, -0.05) is 30.0 Å². The number of hydrogen-bond acceptors (Lipinski definition) is 4. The third kappa shape index (κ3) is 6.92. The highest BCUT2D eigenvalue weighted by Crippen LogP contribution is 2.43. The van der Waals surface area contributed by atoms with Crippen LogP contribution >= 0.6 is 23.5 Å². The first-order valence-electron chi connectivity index (χ1n) is 9.30. The normalized spacial score (nSPS) is 14.5. The molecule has 2 aromatic carbocycles. The monoisotopic (exact) mass is 451 g/mol. The SMILES string of the molecule is O=C(COc1ccc(C2SCCCS2)cc1)NCC#Cc1cccc(C(F)(F)F)c1. The van der Waals surface area contributed by atoms with E-state index in [1.165, 1.54) is 35.6 Å². The van der Waals surface area contributed by atoms with Gasteiger partial charge in [0.25, 0.3) is 5.91 Å². The van der Waals surface area contributed by atoms with E-state index in [-0.39, 0.29) is 24.6 Å². The lowest BCUT2D eigenvalue weighted by molar-refractivity contribution is -0.137. The number of thioether (sulfide) groups is 2. The van der Waals surface area contributed by atoms with E-state index in [1.807, 2.05) is 47.8 Å². The average molecular weight is 452 g/mol. The summed E-state index contributed by atoms with van der Waals surface area (Å²) >= 11 is 3.88. The second kappa shape index (κ2) is 10.7. The second-order valence-electron chi connectivity index (χ2n) is 6.44. The van der Waals surface area contributed by atoms with Crippen molar-refractivity contribution < 1.29 is 22.7 Å². The van der Waals surface area contributed by atoms with Crippen molar-refractivity contribution >= 4 is 29.4 Å². The van der Waals surface area contributed by atoms with E-state index >= 15 is 0 Å². The third-order valence-electron chi connectivity index (χ3n) is 4.15. The van der Waals surface area contributed by atoms with Crippen LogP contribution in [0.1, 0.15) is 27.7 Å². The quantitative estimate of drug-likeness (QED) is 0.641. The van der Waals surface area contributed by atoms with Crippen molar-refractivity contribution in [1.29, 1.82) is 0 Å². The molecule has 0 aliphatic carbocycles. The van der Waals surface area contributed by atoms with Crippen molar-refractivity contribution in [3.05, 3.63) is 65.2 Å². The Balaban J connectivity index is 1.42. The Labute approximate surface area is 182 Å². The molecule has 0 unspecified atom stereocenters. The molecule has 1 N–H and O–H groups in total. The average Bonchev–Trinajstić information content (AvgIpc) is 2.76. The lowest BCUT2D eigenvalue weighted by Crippen LogP contribution is -2.29. The number of amides is 1. The Morgan fingerprint density at radius 3 is 2.57 bits per heavy atom. The van der Waals surface area contributed by atoms with Crippen molar-refractivity contribution in [2.45, 2.75) is 17.2 Å². The van der Waals surface area contributed by atoms with Crippen molar-refractivity contribution in [2.24, 2.45) is 0 Å². The lowest BCUT2D eigenvalue weighted by Gasteiger charge is -2.21. The maximum atomic E-state index is 12.7. The van der Waals surface area contributed by atoms with Crippen molar-refractivity contribution in [2.75, 3.05) is 24.7 Å². The molecule has 2 aromatic rings. The van der Waals surface area contributed by atoms with Gasteiger partial charge in [0.1, 0.15) is 5.75 Å². The van der Waals surface area contributed by atoms with Gasteiger partial charge in [0, 0.05) is 5.56 Å². The summed E-state index contributed by atoms with van der Waals surface area (Å²) in [6.45, 7) is -0.134. The molecule has 8 heteroatoms. The lowest BCUT2D eigenvalue weighted by atomic mass is 10.1. The van der Waals surface area contributed by atoms with Crippen molar-refractivity contribution in [3.8, 4) is 17.6 Å². The Morgan fingerprint density at radius 1 is 1.13 bits per heavy atom. The van der Waals surface area contributed by atoms with Gasteiger partial charge in [-0.15, -0.1) is 23.5 Å². The molecule has 1 heterocycles. The van der Waals surface area contributed by atoms with Gasteiger partial charge < -0.3 is 10.1 Å². The van der Waals surface area contributed by atoms with Gasteiger partial charge in [-0.25, -0.2) is 0 Å². The zero-order chi connectivity index (χ0) is 21.4. The summed E-state index contributed by atoms with van der Waals surface area (Å²) in [5.74, 6) is 7.86. The zero-order valence-electron chi connectivity index (χ0n) is 16.0. The molecule has 1 aliphatic heterocycles. The molecule has 0 saturated carbocycles. The van der Waals surface area contributed by atoms with Crippen molar-refractivity contribution in [3.63, 3.8) is 0 Å². The number of hydrogen-bond donors (Lipinski definition) is 1. The summed E-state index contributed by atoms with van der Waals surface area (Å²) in [5, 5.41) is 2.56. The molecule has 0 radical (unpaired) electrons. The summed E-state index contributed by atoms with van der Waals surface area (Å²) < 4.78 is 44.0. The Morgan fingerprint density at radius 2 is 1.87 bits per heavy atom. The number of carbonyl (C=O) groups is 1. The maximum Gasteiger partial charge on any atom is 0.416 e. The molecular formula is C22H20F3NO2S2. The van der Waals surface area contributed by atoms with E-state index in [0.29, 0.717) is 10.3 Å². The molecule has 158 valence electrons. The van der Waals surface area contributed by atoms with E-state index in [1.54, 1.807) is 0 Å². The molecule has 0 aromatic heterocycles. The van der Waals surface area contributed by atoms with E-state index in [0.717, 1.165) is 12.1 Å². The molecule has 3 rings (SSSR count). The van der Waals surface area contributed by atoms with Crippen LogP contribution in [0.3, 0.4) is 0 Å². The minimum absolute atomic E-state index is 0.0213. The number of benzene rings is 2. The predicted molar refractivity (Wildman–Crippen MR) is 116 cm³/mol. The molecule has 3 nitrogen and oxygen atoms in total. The number of halogens is 3. The molecule has 30 heavy (non-hydrogen) atoms. The number of carbonyl (C=O) groups excluding carboxylic acids is 1. The molecule has 1 amide bonds. The van der Waals surface area contributed by atoms with Gasteiger partial charge in [0.05, 0.1) is 16.7 Å². The fourth-order valence-corrected chi connectivity index (χ4v) is 5.56. The van der Waals surface area contributed by atoms with Crippen LogP contribution in [0.15, 0.2) is 48.5 Å². The van der Waals surface area contributed by atoms with Crippen LogP contribution in [0.5, 0.6) is 5.75 Å². The summed E-state index contributed by atoms with van der Waals surface area (Å²) in [5.41, 5.74) is 0.731. The highest BCUT2D eigenvalue weighted by Gasteiger charge is 2.30. The third-order valence-corrected chi connectivity index (χ3v) is 7.16. The number of ether oxygens (including phenoxy) is 1. The van der Waals surface area contributed by atoms with Crippen LogP contribution in [-0.4, -0.2) is 30.6 Å². The van der Waals surface area contributed by atoms with E-state index < -0.39 is 11.7 Å². The van der Waals surface area contributed by atoms with Gasteiger partial charge in [-0.05, 0) is 53.8 Å². The minimum atomic E-state index is -4.41. The molecule has 1 aliphatic rings. The Bertz CT molecular complexity index is 914. The maximum absolute atomic E-state index is 12.7. The first-order chi connectivity index (χ1) is 14.4. The smallest absolute Gasteiger partial charge is 0.416 e. The van der Waals surface area contributed by atoms with Gasteiger partial charge in [0.15, 0.2) is 6.61 Å². The molecule has 0 spiro atoms. The van der Waals surface area contributed by atoms with Gasteiger partial charge >= 0.3 is 6.18 Å². The van der Waals surface area contributed by atoms with Crippen LogP contribution in [0.25, 0.3) is 0 Å². The largest absolute Gasteiger partial charge is 0.484 e. The van der Waals surface area contributed by atoms with Crippen LogP contribution in [0.2, 0.25) is 0 Å². The van der Waals surface area contributed by atoms with Crippen molar-refractivity contribution in [1.82, 2.24) is 5.32 Å². The Kier molecular flexibility index (Phi) is 8.00. The van der Waals surface area contributed by atoms with Gasteiger partial charge in [-0.3, -0.25) is 4.79 Å². The molecular weight excluding hydrogens is 431 g/mol. The fourth-order valence-electron chi connectivity index (χ4n) is 2.66. The fraction of sp³-hybridized carbons (Fsp3) is 0.318. The minimum Gasteiger partial charge on any atom is -0.484 e. The molecule has 0 bridgehead atoms. The summed E-state index contributed by atoms with van der Waals surface area (Å²) in [6.07, 6.45) is -3.16. The van der Waals surface area contributed by atoms with E-state index in [4.69, 9.17) is 4.74 Å². The summed E-state index contributed by atoms with van der Waals surface area (Å²) in [7, 11) is 0. The molecule has 1 saturated heterocycles.